The zero-order valence-electron chi connectivity index (χ0n) is 12.7. The van der Waals surface area contributed by atoms with E-state index < -0.39 is 10.0 Å². The van der Waals surface area contributed by atoms with Gasteiger partial charge in [0, 0.05) is 24.7 Å². The Morgan fingerprint density at radius 1 is 1.33 bits per heavy atom. The summed E-state index contributed by atoms with van der Waals surface area (Å²) >= 11 is 0. The Morgan fingerprint density at radius 3 is 2.57 bits per heavy atom. The summed E-state index contributed by atoms with van der Waals surface area (Å²) in [5, 5.41) is 2.86. The topological polar surface area (TPSA) is 66.5 Å². The highest BCUT2D eigenvalue weighted by Gasteiger charge is 2.34. The number of sulfonamides is 1. The molecule has 1 aliphatic carbocycles. The Balaban J connectivity index is 1.94. The number of benzene rings is 1. The molecule has 21 heavy (non-hydrogen) atoms. The second kappa shape index (κ2) is 6.15. The first-order valence-electron chi connectivity index (χ1n) is 7.11. The van der Waals surface area contributed by atoms with Crippen molar-refractivity contribution in [1.82, 2.24) is 4.31 Å². The van der Waals surface area contributed by atoms with Crippen LogP contribution in [0.3, 0.4) is 0 Å². The number of hydrogen-bond acceptors (Lipinski definition) is 3. The molecule has 1 fully saturated rings. The van der Waals surface area contributed by atoms with Crippen molar-refractivity contribution in [3.05, 3.63) is 29.3 Å². The average Bonchev–Trinajstić information content (AvgIpc) is 3.17. The highest BCUT2D eigenvalue weighted by molar-refractivity contribution is 7.88. The molecule has 1 amide bonds. The van der Waals surface area contributed by atoms with Gasteiger partial charge < -0.3 is 5.32 Å². The van der Waals surface area contributed by atoms with Crippen molar-refractivity contribution in [2.45, 2.75) is 39.2 Å². The van der Waals surface area contributed by atoms with Gasteiger partial charge in [0.15, 0.2) is 0 Å². The summed E-state index contributed by atoms with van der Waals surface area (Å²) in [6.45, 7) is 4.15. The molecule has 0 saturated heterocycles. The molecule has 116 valence electrons. The van der Waals surface area contributed by atoms with Crippen molar-refractivity contribution in [2.75, 3.05) is 18.1 Å². The fraction of sp³-hybridized carbons (Fsp3) is 0.533. The molecule has 5 nitrogen and oxygen atoms in total. The monoisotopic (exact) mass is 310 g/mol. The zero-order valence-corrected chi connectivity index (χ0v) is 13.5. The van der Waals surface area contributed by atoms with Crippen LogP contribution in [0.4, 0.5) is 5.69 Å². The van der Waals surface area contributed by atoms with E-state index in [9.17, 15) is 13.2 Å². The van der Waals surface area contributed by atoms with Crippen LogP contribution in [0.5, 0.6) is 0 Å². The van der Waals surface area contributed by atoms with Gasteiger partial charge in [-0.15, -0.1) is 0 Å². The van der Waals surface area contributed by atoms with Crippen molar-refractivity contribution in [1.29, 1.82) is 0 Å². The van der Waals surface area contributed by atoms with Gasteiger partial charge in [-0.3, -0.25) is 4.79 Å². The van der Waals surface area contributed by atoms with Crippen molar-refractivity contribution < 1.29 is 13.2 Å². The second-order valence-electron chi connectivity index (χ2n) is 5.72. The Hall–Kier alpha value is -1.40. The fourth-order valence-electron chi connectivity index (χ4n) is 2.28. The number of nitrogens with one attached hydrogen (secondary N) is 1. The van der Waals surface area contributed by atoms with E-state index in [0.29, 0.717) is 0 Å². The Kier molecular flexibility index (Phi) is 4.68. The summed E-state index contributed by atoms with van der Waals surface area (Å²) in [6, 6.07) is 5.96. The van der Waals surface area contributed by atoms with E-state index >= 15 is 0 Å². The predicted molar refractivity (Wildman–Crippen MR) is 83.7 cm³/mol. The van der Waals surface area contributed by atoms with Crippen LogP contribution < -0.4 is 5.32 Å². The quantitative estimate of drug-likeness (QED) is 0.874. The molecule has 1 aromatic carbocycles. The molecule has 1 saturated carbocycles. The highest BCUT2D eigenvalue weighted by atomic mass is 32.2. The molecule has 0 aromatic heterocycles. The molecule has 2 rings (SSSR count). The summed E-state index contributed by atoms with van der Waals surface area (Å²) in [7, 11) is -3.23. The average molecular weight is 310 g/mol. The van der Waals surface area contributed by atoms with Crippen LogP contribution in [-0.4, -0.2) is 37.5 Å². The number of anilines is 1. The molecule has 1 aromatic rings. The molecule has 1 aliphatic rings. The first kappa shape index (κ1) is 16.0. The number of amides is 1. The van der Waals surface area contributed by atoms with Gasteiger partial charge in [-0.1, -0.05) is 12.1 Å². The van der Waals surface area contributed by atoms with Crippen LogP contribution in [0.15, 0.2) is 18.2 Å². The summed E-state index contributed by atoms with van der Waals surface area (Å²) in [6.07, 6.45) is 3.17. The van der Waals surface area contributed by atoms with Crippen LogP contribution >= 0.6 is 0 Å². The molecule has 1 N–H and O–H groups in total. The molecule has 0 aliphatic heterocycles. The lowest BCUT2D eigenvalue weighted by molar-refractivity contribution is -0.116. The van der Waals surface area contributed by atoms with Crippen LogP contribution in [0.2, 0.25) is 0 Å². The maximum Gasteiger partial charge on any atom is 0.225 e. The number of nitrogens with zero attached hydrogens (tertiary/aromatic N) is 1. The maximum absolute atomic E-state index is 12.0. The van der Waals surface area contributed by atoms with E-state index in [-0.39, 0.29) is 24.9 Å². The molecule has 0 spiro atoms. The van der Waals surface area contributed by atoms with Crippen molar-refractivity contribution in [3.8, 4) is 0 Å². The SMILES string of the molecule is Cc1ccc(C)c(NC(=O)CCN(C2CC2)S(C)(=O)=O)c1. The maximum atomic E-state index is 12.0. The van der Waals surface area contributed by atoms with Crippen LogP contribution in [0.25, 0.3) is 0 Å². The summed E-state index contributed by atoms with van der Waals surface area (Å²) < 4.78 is 24.8. The minimum absolute atomic E-state index is 0.0912. The first-order chi connectivity index (χ1) is 9.77. The molecular weight excluding hydrogens is 288 g/mol. The molecule has 6 heteroatoms. The number of carbonyl (C=O) groups is 1. The highest BCUT2D eigenvalue weighted by Crippen LogP contribution is 2.29. The van der Waals surface area contributed by atoms with Gasteiger partial charge in [-0.25, -0.2) is 8.42 Å². The van der Waals surface area contributed by atoms with Gasteiger partial charge in [0.2, 0.25) is 15.9 Å². The Bertz CT molecular complexity index is 636. The van der Waals surface area contributed by atoms with Gasteiger partial charge >= 0.3 is 0 Å². The standard InChI is InChI=1S/C15H22N2O3S/c1-11-4-5-12(2)14(10-11)16-15(18)8-9-17(13-6-7-13)21(3,19)20/h4-5,10,13H,6-9H2,1-3H3,(H,16,18). The fourth-order valence-corrected chi connectivity index (χ4v) is 3.45. The number of hydrogen-bond donors (Lipinski definition) is 1. The third-order valence-corrected chi connectivity index (χ3v) is 4.94. The largest absolute Gasteiger partial charge is 0.326 e. The van der Waals surface area contributed by atoms with Crippen LogP contribution in [0.1, 0.15) is 30.4 Å². The molecule has 0 radical (unpaired) electrons. The lowest BCUT2D eigenvalue weighted by atomic mass is 10.1. The Morgan fingerprint density at radius 2 is 2.00 bits per heavy atom. The molecule has 0 heterocycles. The summed E-state index contributed by atoms with van der Waals surface area (Å²) in [5.41, 5.74) is 2.86. The van der Waals surface area contributed by atoms with Crippen LogP contribution in [-0.2, 0) is 14.8 Å². The zero-order chi connectivity index (χ0) is 15.6. The minimum atomic E-state index is -3.23. The first-order valence-corrected chi connectivity index (χ1v) is 8.96. The third-order valence-electron chi connectivity index (χ3n) is 3.61. The lowest BCUT2D eigenvalue weighted by Gasteiger charge is -2.19. The molecule has 0 unspecified atom stereocenters. The summed E-state index contributed by atoms with van der Waals surface area (Å²) in [5.74, 6) is -0.155. The number of aryl methyl sites for hydroxylation is 2. The van der Waals surface area contributed by atoms with Crippen molar-refractivity contribution in [2.24, 2.45) is 0 Å². The Labute approximate surface area is 126 Å². The number of carbonyl (C=O) groups excluding carboxylic acids is 1. The predicted octanol–water partition coefficient (Wildman–Crippen LogP) is 2.06. The van der Waals surface area contributed by atoms with E-state index in [1.165, 1.54) is 10.6 Å². The smallest absolute Gasteiger partial charge is 0.225 e. The van der Waals surface area contributed by atoms with Gasteiger partial charge in [0.25, 0.3) is 0 Å². The van der Waals surface area contributed by atoms with Crippen molar-refractivity contribution in [3.63, 3.8) is 0 Å². The van der Waals surface area contributed by atoms with E-state index in [1.807, 2.05) is 32.0 Å². The van der Waals surface area contributed by atoms with E-state index in [1.54, 1.807) is 0 Å². The van der Waals surface area contributed by atoms with E-state index in [0.717, 1.165) is 29.7 Å². The second-order valence-corrected chi connectivity index (χ2v) is 7.66. The van der Waals surface area contributed by atoms with Gasteiger partial charge in [-0.2, -0.15) is 4.31 Å². The minimum Gasteiger partial charge on any atom is -0.326 e. The van der Waals surface area contributed by atoms with Crippen LogP contribution in [0, 0.1) is 13.8 Å². The van der Waals surface area contributed by atoms with E-state index in [4.69, 9.17) is 0 Å². The molecule has 0 atom stereocenters. The normalized spacial score (nSPS) is 15.2. The summed E-state index contributed by atoms with van der Waals surface area (Å²) in [4.78, 5) is 12.0. The van der Waals surface area contributed by atoms with E-state index in [2.05, 4.69) is 5.32 Å². The van der Waals surface area contributed by atoms with Gasteiger partial charge in [0.1, 0.15) is 0 Å². The van der Waals surface area contributed by atoms with Gasteiger partial charge in [-0.05, 0) is 43.9 Å². The molecular formula is C15H22N2O3S. The van der Waals surface area contributed by atoms with Gasteiger partial charge in [0.05, 0.1) is 6.26 Å². The number of rotatable bonds is 6. The lowest BCUT2D eigenvalue weighted by Crippen LogP contribution is -2.34. The third kappa shape index (κ3) is 4.54. The molecule has 0 bridgehead atoms. The van der Waals surface area contributed by atoms with Crippen molar-refractivity contribution >= 4 is 21.6 Å².